The Morgan fingerprint density at radius 1 is 1.11 bits per heavy atom. The van der Waals surface area contributed by atoms with Gasteiger partial charge in [0.15, 0.2) is 0 Å². The van der Waals surface area contributed by atoms with E-state index in [4.69, 9.17) is 11.6 Å². The van der Waals surface area contributed by atoms with Crippen molar-refractivity contribution in [3.05, 3.63) is 70.5 Å². The summed E-state index contributed by atoms with van der Waals surface area (Å²) in [6.45, 7) is 0.851. The van der Waals surface area contributed by atoms with Crippen LogP contribution in [0.1, 0.15) is 35.9 Å². The number of hydrogen-bond acceptors (Lipinski definition) is 2. The Kier molecular flexibility index (Phi) is 4.87. The van der Waals surface area contributed by atoms with E-state index < -0.39 is 6.04 Å². The molecule has 2 aliphatic rings. The molecule has 1 saturated carbocycles. The van der Waals surface area contributed by atoms with Crippen LogP contribution >= 0.6 is 11.6 Å². The number of nitrogens with one attached hydrogen (secondary N) is 1. The number of benzene rings is 2. The maximum absolute atomic E-state index is 13.5. The van der Waals surface area contributed by atoms with Crippen LogP contribution in [0.4, 0.5) is 4.39 Å². The van der Waals surface area contributed by atoms with Crippen LogP contribution in [0.15, 0.2) is 48.5 Å². The van der Waals surface area contributed by atoms with Crippen LogP contribution in [0, 0.1) is 11.7 Å². The van der Waals surface area contributed by atoms with Gasteiger partial charge >= 0.3 is 0 Å². The summed E-state index contributed by atoms with van der Waals surface area (Å²) in [7, 11) is 0. The van der Waals surface area contributed by atoms with Gasteiger partial charge in [0.25, 0.3) is 0 Å². The molecule has 0 bridgehead atoms. The van der Waals surface area contributed by atoms with Crippen molar-refractivity contribution < 1.29 is 14.0 Å². The van der Waals surface area contributed by atoms with E-state index in [-0.39, 0.29) is 29.5 Å². The highest BCUT2D eigenvalue weighted by Crippen LogP contribution is 2.45. The Hall–Kier alpha value is -2.40. The van der Waals surface area contributed by atoms with Crippen molar-refractivity contribution >= 4 is 23.4 Å². The zero-order chi connectivity index (χ0) is 19.0. The quantitative estimate of drug-likeness (QED) is 0.871. The highest BCUT2D eigenvalue weighted by Gasteiger charge is 2.43. The lowest BCUT2D eigenvalue weighted by Crippen LogP contribution is -2.53. The molecule has 2 unspecified atom stereocenters. The van der Waals surface area contributed by atoms with Crippen molar-refractivity contribution in [2.75, 3.05) is 13.1 Å². The molecule has 140 valence electrons. The molecule has 6 heteroatoms. The van der Waals surface area contributed by atoms with Crippen molar-refractivity contribution in [2.24, 2.45) is 5.92 Å². The molecule has 1 aliphatic heterocycles. The fraction of sp³-hybridized carbons (Fsp3) is 0.333. The Bertz CT molecular complexity index is 849. The fourth-order valence-electron chi connectivity index (χ4n) is 3.78. The summed E-state index contributed by atoms with van der Waals surface area (Å²) in [6.07, 6.45) is 2.00. The Labute approximate surface area is 162 Å². The van der Waals surface area contributed by atoms with Crippen molar-refractivity contribution in [1.82, 2.24) is 10.2 Å². The third-order valence-electron chi connectivity index (χ3n) is 5.27. The normalized spacial score (nSPS) is 20.9. The van der Waals surface area contributed by atoms with Crippen LogP contribution in [0.25, 0.3) is 0 Å². The molecule has 1 heterocycles. The summed E-state index contributed by atoms with van der Waals surface area (Å²) in [5.41, 5.74) is 1.54. The molecule has 2 atom stereocenters. The summed E-state index contributed by atoms with van der Waals surface area (Å²) < 4.78 is 13.3. The maximum Gasteiger partial charge on any atom is 0.247 e. The summed E-state index contributed by atoms with van der Waals surface area (Å²) in [4.78, 5) is 27.7. The predicted molar refractivity (Wildman–Crippen MR) is 101 cm³/mol. The van der Waals surface area contributed by atoms with E-state index >= 15 is 0 Å². The standard InChI is InChI=1S/C21H20ClFN2O2/c22-16-7-3-14(4-8-16)18(13-1-2-13)21(27)25-12-11-24-20(26)19(25)15-5-9-17(23)10-6-15/h3-10,13,18-19H,1-2,11-12H2,(H,24,26). The molecule has 2 aromatic carbocycles. The number of hydrogen-bond donors (Lipinski definition) is 1. The zero-order valence-corrected chi connectivity index (χ0v) is 15.5. The van der Waals surface area contributed by atoms with E-state index in [0.29, 0.717) is 23.7 Å². The Morgan fingerprint density at radius 2 is 1.78 bits per heavy atom. The topological polar surface area (TPSA) is 49.4 Å². The van der Waals surface area contributed by atoms with Crippen molar-refractivity contribution in [1.29, 1.82) is 0 Å². The molecule has 2 amide bonds. The van der Waals surface area contributed by atoms with E-state index in [1.807, 2.05) is 12.1 Å². The SMILES string of the molecule is O=C1NCCN(C(=O)C(c2ccc(Cl)cc2)C2CC2)C1c1ccc(F)cc1. The first-order chi connectivity index (χ1) is 13.0. The molecule has 1 N–H and O–H groups in total. The molecule has 4 nitrogen and oxygen atoms in total. The summed E-state index contributed by atoms with van der Waals surface area (Å²) in [6, 6.07) is 12.4. The molecule has 1 aliphatic carbocycles. The molecule has 2 aromatic rings. The van der Waals surface area contributed by atoms with E-state index in [1.165, 1.54) is 12.1 Å². The van der Waals surface area contributed by atoms with Crippen LogP contribution < -0.4 is 5.32 Å². The van der Waals surface area contributed by atoms with Gasteiger partial charge in [-0.2, -0.15) is 0 Å². The molecule has 27 heavy (non-hydrogen) atoms. The second kappa shape index (κ2) is 7.31. The lowest BCUT2D eigenvalue weighted by Gasteiger charge is -2.37. The largest absolute Gasteiger partial charge is 0.352 e. The lowest BCUT2D eigenvalue weighted by molar-refractivity contribution is -0.145. The van der Waals surface area contributed by atoms with Gasteiger partial charge < -0.3 is 10.2 Å². The monoisotopic (exact) mass is 386 g/mol. The number of carbonyl (C=O) groups excluding carboxylic acids is 2. The molecule has 4 rings (SSSR count). The van der Waals surface area contributed by atoms with E-state index in [9.17, 15) is 14.0 Å². The van der Waals surface area contributed by atoms with Crippen molar-refractivity contribution in [3.63, 3.8) is 0 Å². The molecule has 1 saturated heterocycles. The number of amides is 2. The number of halogens is 2. The number of rotatable bonds is 4. The van der Waals surface area contributed by atoms with Gasteiger partial charge in [-0.25, -0.2) is 4.39 Å². The van der Waals surface area contributed by atoms with Crippen LogP contribution in [-0.4, -0.2) is 29.8 Å². The second-order valence-corrected chi connectivity index (χ2v) is 7.58. The number of carbonyl (C=O) groups is 2. The molecule has 0 spiro atoms. The van der Waals surface area contributed by atoms with Gasteiger partial charge in [-0.05, 0) is 54.2 Å². The Balaban J connectivity index is 1.67. The minimum Gasteiger partial charge on any atom is -0.352 e. The number of piperazine rings is 1. The third kappa shape index (κ3) is 3.69. The van der Waals surface area contributed by atoms with Crippen LogP contribution in [0.5, 0.6) is 0 Å². The highest BCUT2D eigenvalue weighted by molar-refractivity contribution is 6.30. The van der Waals surface area contributed by atoms with Gasteiger partial charge in [0.05, 0.1) is 5.92 Å². The Morgan fingerprint density at radius 3 is 2.41 bits per heavy atom. The highest BCUT2D eigenvalue weighted by atomic mass is 35.5. The lowest BCUT2D eigenvalue weighted by atomic mass is 9.91. The van der Waals surface area contributed by atoms with Gasteiger partial charge in [0.2, 0.25) is 11.8 Å². The third-order valence-corrected chi connectivity index (χ3v) is 5.52. The number of nitrogens with zero attached hydrogens (tertiary/aromatic N) is 1. The van der Waals surface area contributed by atoms with Crippen LogP contribution in [-0.2, 0) is 9.59 Å². The molecular formula is C21H20ClFN2O2. The van der Waals surface area contributed by atoms with Crippen LogP contribution in [0.2, 0.25) is 5.02 Å². The minimum atomic E-state index is -0.736. The fourth-order valence-corrected chi connectivity index (χ4v) is 3.90. The van der Waals surface area contributed by atoms with E-state index in [2.05, 4.69) is 5.32 Å². The summed E-state index contributed by atoms with van der Waals surface area (Å²) in [5.74, 6) is -0.644. The van der Waals surface area contributed by atoms with Crippen LogP contribution in [0.3, 0.4) is 0 Å². The molecule has 0 aromatic heterocycles. The minimum absolute atomic E-state index is 0.0519. The van der Waals surface area contributed by atoms with Gasteiger partial charge in [0, 0.05) is 18.1 Å². The van der Waals surface area contributed by atoms with Crippen molar-refractivity contribution in [3.8, 4) is 0 Å². The zero-order valence-electron chi connectivity index (χ0n) is 14.7. The van der Waals surface area contributed by atoms with Gasteiger partial charge in [-0.3, -0.25) is 9.59 Å². The molecular weight excluding hydrogens is 367 g/mol. The van der Waals surface area contributed by atoms with Crippen molar-refractivity contribution in [2.45, 2.75) is 24.8 Å². The van der Waals surface area contributed by atoms with E-state index in [1.54, 1.807) is 29.2 Å². The van der Waals surface area contributed by atoms with E-state index in [0.717, 1.165) is 18.4 Å². The van der Waals surface area contributed by atoms with Gasteiger partial charge in [-0.1, -0.05) is 35.9 Å². The average Bonchev–Trinajstić information content (AvgIpc) is 3.49. The molecule has 2 fully saturated rings. The van der Waals surface area contributed by atoms with Gasteiger partial charge in [0.1, 0.15) is 11.9 Å². The average molecular weight is 387 g/mol. The predicted octanol–water partition coefficient (Wildman–Crippen LogP) is 3.67. The summed E-state index contributed by atoms with van der Waals surface area (Å²) >= 11 is 6.00. The smallest absolute Gasteiger partial charge is 0.247 e. The first kappa shape index (κ1) is 18.0. The second-order valence-electron chi connectivity index (χ2n) is 7.14. The van der Waals surface area contributed by atoms with Gasteiger partial charge in [-0.15, -0.1) is 0 Å². The maximum atomic E-state index is 13.5. The molecule has 0 radical (unpaired) electrons. The first-order valence-corrected chi connectivity index (χ1v) is 9.51. The summed E-state index contributed by atoms with van der Waals surface area (Å²) in [5, 5.41) is 3.44. The first-order valence-electron chi connectivity index (χ1n) is 9.14.